The topological polar surface area (TPSA) is 53.0 Å². The highest BCUT2D eigenvalue weighted by Gasteiger charge is 2.30. The zero-order valence-corrected chi connectivity index (χ0v) is 14.8. The van der Waals surface area contributed by atoms with Gasteiger partial charge in [0.15, 0.2) is 6.61 Å². The summed E-state index contributed by atoms with van der Waals surface area (Å²) in [5.74, 6) is 0.255. The minimum Gasteiger partial charge on any atom is -0.484 e. The van der Waals surface area contributed by atoms with Gasteiger partial charge in [-0.25, -0.2) is 4.39 Å². The number of ether oxygens (including phenoxy) is 1. The summed E-state index contributed by atoms with van der Waals surface area (Å²) in [4.78, 5) is 16.0. The molecule has 0 spiro atoms. The Morgan fingerprint density at radius 1 is 1.27 bits per heavy atom. The van der Waals surface area contributed by atoms with E-state index in [-0.39, 0.29) is 31.0 Å². The van der Waals surface area contributed by atoms with Gasteiger partial charge in [-0.2, -0.15) is 0 Å². The number of para-hydroxylation sites is 1. The van der Waals surface area contributed by atoms with Crippen molar-refractivity contribution in [2.45, 2.75) is 19.1 Å². The lowest BCUT2D eigenvalue weighted by atomic mass is 10.2. The van der Waals surface area contributed by atoms with Gasteiger partial charge in [-0.1, -0.05) is 24.3 Å². The zero-order valence-electron chi connectivity index (χ0n) is 14.8. The number of carbonyl (C=O) groups is 1. The maximum absolute atomic E-state index is 14.0. The van der Waals surface area contributed by atoms with Crippen LogP contribution in [0.3, 0.4) is 0 Å². The highest BCUT2D eigenvalue weighted by Crippen LogP contribution is 2.24. The molecule has 1 saturated heterocycles. The van der Waals surface area contributed by atoms with Crippen molar-refractivity contribution in [3.8, 4) is 5.75 Å². The quantitative estimate of drug-likeness (QED) is 0.862. The molecule has 1 aliphatic rings. The van der Waals surface area contributed by atoms with Crippen molar-refractivity contribution in [3.05, 3.63) is 59.9 Å². The molecule has 1 aliphatic heterocycles. The summed E-state index contributed by atoms with van der Waals surface area (Å²) in [5.41, 5.74) is 1.34. The van der Waals surface area contributed by atoms with Crippen LogP contribution in [-0.4, -0.2) is 48.7 Å². The molecule has 1 N–H and O–H groups in total. The van der Waals surface area contributed by atoms with Crippen LogP contribution in [0, 0.1) is 5.82 Å². The summed E-state index contributed by atoms with van der Waals surface area (Å²) >= 11 is 0. The number of aliphatic hydroxyl groups is 1. The van der Waals surface area contributed by atoms with Crippen LogP contribution in [0.25, 0.3) is 0 Å². The van der Waals surface area contributed by atoms with Crippen LogP contribution >= 0.6 is 0 Å². The minimum absolute atomic E-state index is 0.0239. The summed E-state index contributed by atoms with van der Waals surface area (Å²) < 4.78 is 19.5. The van der Waals surface area contributed by atoms with Gasteiger partial charge < -0.3 is 19.6 Å². The Morgan fingerprint density at radius 2 is 2.00 bits per heavy atom. The number of nitrogens with zero attached hydrogens (tertiary/aromatic N) is 2. The molecule has 0 radical (unpaired) electrons. The molecule has 1 heterocycles. The normalized spacial score (nSPS) is 16.6. The number of halogens is 1. The number of aliphatic hydroxyl groups excluding tert-OH is 1. The van der Waals surface area contributed by atoms with Crippen LogP contribution in [0.15, 0.2) is 48.5 Å². The molecule has 5 nitrogen and oxygen atoms in total. The molecular formula is C20H23FN2O3. The van der Waals surface area contributed by atoms with E-state index in [1.807, 2.05) is 18.0 Å². The van der Waals surface area contributed by atoms with Gasteiger partial charge in [0.1, 0.15) is 11.6 Å². The van der Waals surface area contributed by atoms with Gasteiger partial charge in [0.25, 0.3) is 5.91 Å². The predicted molar refractivity (Wildman–Crippen MR) is 97.6 cm³/mol. The number of likely N-dealkylation sites (tertiary alicyclic amines) is 1. The molecule has 0 saturated carbocycles. The monoisotopic (exact) mass is 358 g/mol. The number of hydrogen-bond donors (Lipinski definition) is 1. The number of amides is 1. The number of anilines is 1. The van der Waals surface area contributed by atoms with Gasteiger partial charge in [-0.15, -0.1) is 0 Å². The average molecular weight is 358 g/mol. The molecule has 3 rings (SSSR count). The van der Waals surface area contributed by atoms with Crippen LogP contribution < -0.4 is 9.64 Å². The van der Waals surface area contributed by atoms with Crippen molar-refractivity contribution in [3.63, 3.8) is 0 Å². The van der Waals surface area contributed by atoms with Gasteiger partial charge in [-0.3, -0.25) is 4.79 Å². The first kappa shape index (κ1) is 18.2. The number of carbonyl (C=O) groups excluding carboxylic acids is 1. The molecule has 2 aromatic rings. The largest absolute Gasteiger partial charge is 0.484 e. The molecule has 1 fully saturated rings. The third-order valence-electron chi connectivity index (χ3n) is 4.76. The zero-order chi connectivity index (χ0) is 18.5. The van der Waals surface area contributed by atoms with Gasteiger partial charge in [-0.05, 0) is 36.2 Å². The molecule has 0 aliphatic carbocycles. The maximum Gasteiger partial charge on any atom is 0.260 e. The molecule has 1 amide bonds. The lowest BCUT2D eigenvalue weighted by Gasteiger charge is -2.27. The van der Waals surface area contributed by atoms with E-state index in [1.165, 1.54) is 6.07 Å². The van der Waals surface area contributed by atoms with Crippen LogP contribution in [0.5, 0.6) is 5.75 Å². The minimum atomic E-state index is -0.255. The van der Waals surface area contributed by atoms with Crippen molar-refractivity contribution in [2.24, 2.45) is 0 Å². The van der Waals surface area contributed by atoms with E-state index in [2.05, 4.69) is 0 Å². The molecule has 0 aromatic heterocycles. The molecule has 1 atom stereocenters. The Kier molecular flexibility index (Phi) is 5.73. The Bertz CT molecular complexity index is 751. The lowest BCUT2D eigenvalue weighted by Crippen LogP contribution is -2.38. The number of benzene rings is 2. The average Bonchev–Trinajstić information content (AvgIpc) is 3.16. The summed E-state index contributed by atoms with van der Waals surface area (Å²) in [6.45, 7) is 1.13. The third kappa shape index (κ3) is 4.14. The molecule has 26 heavy (non-hydrogen) atoms. The predicted octanol–water partition coefficient (Wildman–Crippen LogP) is 2.43. The van der Waals surface area contributed by atoms with E-state index in [0.717, 1.165) is 12.0 Å². The van der Waals surface area contributed by atoms with E-state index in [4.69, 9.17) is 9.84 Å². The van der Waals surface area contributed by atoms with Gasteiger partial charge >= 0.3 is 0 Å². The second-order valence-electron chi connectivity index (χ2n) is 6.44. The van der Waals surface area contributed by atoms with Gasteiger partial charge in [0.05, 0.1) is 12.3 Å². The third-order valence-corrected chi connectivity index (χ3v) is 4.76. The smallest absolute Gasteiger partial charge is 0.260 e. The Balaban J connectivity index is 1.52. The summed E-state index contributed by atoms with van der Waals surface area (Å²) in [6.07, 6.45) is 0.793. The second-order valence-corrected chi connectivity index (χ2v) is 6.44. The number of hydrogen-bond acceptors (Lipinski definition) is 4. The van der Waals surface area contributed by atoms with Gasteiger partial charge in [0.2, 0.25) is 0 Å². The molecule has 1 unspecified atom stereocenters. The van der Waals surface area contributed by atoms with Crippen molar-refractivity contribution in [1.82, 2.24) is 4.90 Å². The van der Waals surface area contributed by atoms with Crippen LogP contribution in [0.4, 0.5) is 10.1 Å². The Hall–Kier alpha value is -2.60. The van der Waals surface area contributed by atoms with E-state index < -0.39 is 0 Å². The number of likely N-dealkylation sites (N-methyl/N-ethyl adjacent to an activating group) is 1. The first-order valence-electron chi connectivity index (χ1n) is 8.66. The fourth-order valence-electron chi connectivity index (χ4n) is 3.15. The van der Waals surface area contributed by atoms with Crippen LogP contribution in [0.2, 0.25) is 0 Å². The molecule has 138 valence electrons. The van der Waals surface area contributed by atoms with Crippen molar-refractivity contribution in [1.29, 1.82) is 0 Å². The SMILES string of the molecule is CN(c1ccccc1F)C1CCN(C(=O)COc2ccc(CO)cc2)C1. The van der Waals surface area contributed by atoms with Crippen molar-refractivity contribution < 1.29 is 19.0 Å². The summed E-state index contributed by atoms with van der Waals surface area (Å²) in [6, 6.07) is 13.7. The number of rotatable bonds is 6. The second kappa shape index (κ2) is 8.19. The Morgan fingerprint density at radius 3 is 2.69 bits per heavy atom. The highest BCUT2D eigenvalue weighted by atomic mass is 19.1. The van der Waals surface area contributed by atoms with Gasteiger partial charge in [0, 0.05) is 26.2 Å². The first-order chi connectivity index (χ1) is 12.6. The van der Waals surface area contributed by atoms with E-state index in [9.17, 15) is 9.18 Å². The van der Waals surface area contributed by atoms with E-state index >= 15 is 0 Å². The molecule has 2 aromatic carbocycles. The Labute approximate surface area is 152 Å². The van der Waals surface area contributed by atoms with E-state index in [1.54, 1.807) is 41.3 Å². The van der Waals surface area contributed by atoms with Crippen molar-refractivity contribution >= 4 is 11.6 Å². The van der Waals surface area contributed by atoms with Crippen molar-refractivity contribution in [2.75, 3.05) is 31.6 Å². The summed E-state index contributed by atoms with van der Waals surface area (Å²) in [5, 5.41) is 9.03. The molecule has 0 bridgehead atoms. The fourth-order valence-corrected chi connectivity index (χ4v) is 3.15. The van der Waals surface area contributed by atoms with Crippen LogP contribution in [-0.2, 0) is 11.4 Å². The standard InChI is InChI=1S/C20H23FN2O3/c1-22(19-5-3-2-4-18(19)21)16-10-11-23(12-16)20(25)14-26-17-8-6-15(13-24)7-9-17/h2-9,16,24H,10-14H2,1H3. The molecule has 6 heteroatoms. The fraction of sp³-hybridized carbons (Fsp3) is 0.350. The van der Waals surface area contributed by atoms with Crippen LogP contribution in [0.1, 0.15) is 12.0 Å². The summed E-state index contributed by atoms with van der Waals surface area (Å²) in [7, 11) is 1.86. The first-order valence-corrected chi connectivity index (χ1v) is 8.66. The molecular weight excluding hydrogens is 335 g/mol. The van der Waals surface area contributed by atoms with E-state index in [0.29, 0.717) is 24.5 Å². The highest BCUT2D eigenvalue weighted by molar-refractivity contribution is 5.78. The lowest BCUT2D eigenvalue weighted by molar-refractivity contribution is -0.132. The maximum atomic E-state index is 14.0.